The third-order valence-corrected chi connectivity index (χ3v) is 5.92. The van der Waals surface area contributed by atoms with Crippen LogP contribution in [0.25, 0.3) is 33.0 Å². The van der Waals surface area contributed by atoms with Gasteiger partial charge in [0, 0.05) is 58.3 Å². The minimum atomic E-state index is -0.349. The number of para-hydroxylation sites is 2. The van der Waals surface area contributed by atoms with Gasteiger partial charge in [-0.2, -0.15) is 0 Å². The van der Waals surface area contributed by atoms with Crippen molar-refractivity contribution in [3.8, 4) is 0 Å². The number of nitrogens with zero attached hydrogens (tertiary/aromatic N) is 1. The van der Waals surface area contributed by atoms with Crippen LogP contribution in [0.2, 0.25) is 0 Å². The summed E-state index contributed by atoms with van der Waals surface area (Å²) in [7, 11) is 4.29. The maximum atomic E-state index is 13.0. The van der Waals surface area contributed by atoms with Crippen molar-refractivity contribution >= 4 is 44.8 Å². The standard InChI is InChI=1S/C25H24N4O2/c1-28(2)12-7-13-29-15-19(17-9-4-6-11-21(17)29)23-22(24(30)27-25(23)31)18-14-26-20-10-5-3-8-16(18)20/h3-6,8-11,14-15,26H,7,12-13H2,1-2H3,(H,27,30,31)/p+1. The van der Waals surface area contributed by atoms with Crippen molar-refractivity contribution in [2.24, 2.45) is 0 Å². The van der Waals surface area contributed by atoms with Crippen LogP contribution in [0.5, 0.6) is 0 Å². The molecule has 3 N–H and O–H groups in total. The molecule has 0 bridgehead atoms. The van der Waals surface area contributed by atoms with Crippen molar-refractivity contribution in [2.75, 3.05) is 20.6 Å². The minimum Gasteiger partial charge on any atom is -0.361 e. The lowest BCUT2D eigenvalue weighted by molar-refractivity contribution is -0.858. The van der Waals surface area contributed by atoms with Gasteiger partial charge in [-0.05, 0) is 12.1 Å². The zero-order valence-electron chi connectivity index (χ0n) is 17.7. The lowest BCUT2D eigenvalue weighted by Crippen LogP contribution is -3.05. The fourth-order valence-corrected chi connectivity index (χ4v) is 4.48. The largest absolute Gasteiger partial charge is 0.361 e. The van der Waals surface area contributed by atoms with Crippen LogP contribution in [0.1, 0.15) is 17.5 Å². The Bertz CT molecular complexity index is 1360. The lowest BCUT2D eigenvalue weighted by Gasteiger charge is -2.08. The summed E-state index contributed by atoms with van der Waals surface area (Å²) in [6.07, 6.45) is 4.87. The van der Waals surface area contributed by atoms with Gasteiger partial charge in [0.2, 0.25) is 0 Å². The zero-order chi connectivity index (χ0) is 21.5. The van der Waals surface area contributed by atoms with Crippen LogP contribution in [0.3, 0.4) is 0 Å². The Morgan fingerprint density at radius 2 is 1.55 bits per heavy atom. The summed E-state index contributed by atoms with van der Waals surface area (Å²) in [4.78, 5) is 30.5. The second kappa shape index (κ2) is 7.56. The van der Waals surface area contributed by atoms with Crippen LogP contribution in [0.4, 0.5) is 0 Å². The molecule has 0 radical (unpaired) electrons. The van der Waals surface area contributed by atoms with Gasteiger partial charge in [-0.25, -0.2) is 0 Å². The number of carbonyl (C=O) groups excluding carboxylic acids is 2. The molecule has 0 fully saturated rings. The summed E-state index contributed by atoms with van der Waals surface area (Å²) in [5.74, 6) is -0.691. The van der Waals surface area contributed by atoms with Crippen LogP contribution < -0.4 is 10.2 Å². The summed E-state index contributed by atoms with van der Waals surface area (Å²) in [5.41, 5.74) is 4.44. The topological polar surface area (TPSA) is 71.3 Å². The number of benzene rings is 2. The normalized spacial score (nSPS) is 14.4. The van der Waals surface area contributed by atoms with Gasteiger partial charge in [-0.1, -0.05) is 36.4 Å². The average molecular weight is 414 g/mol. The second-order valence-corrected chi connectivity index (χ2v) is 8.35. The van der Waals surface area contributed by atoms with Crippen molar-refractivity contribution in [3.63, 3.8) is 0 Å². The smallest absolute Gasteiger partial charge is 0.259 e. The number of rotatable bonds is 6. The molecule has 2 aromatic carbocycles. The highest BCUT2D eigenvalue weighted by Crippen LogP contribution is 2.38. The van der Waals surface area contributed by atoms with Gasteiger partial charge >= 0.3 is 0 Å². The first-order valence-electron chi connectivity index (χ1n) is 10.6. The first-order chi connectivity index (χ1) is 15.0. The van der Waals surface area contributed by atoms with Crippen molar-refractivity contribution in [3.05, 3.63) is 72.1 Å². The van der Waals surface area contributed by atoms with Crippen LogP contribution >= 0.6 is 0 Å². The van der Waals surface area contributed by atoms with Crippen LogP contribution in [0.15, 0.2) is 60.9 Å². The highest BCUT2D eigenvalue weighted by Gasteiger charge is 2.34. The number of hydrogen-bond acceptors (Lipinski definition) is 2. The van der Waals surface area contributed by atoms with Gasteiger partial charge in [0.25, 0.3) is 11.8 Å². The molecule has 156 valence electrons. The van der Waals surface area contributed by atoms with Gasteiger partial charge in [0.1, 0.15) is 0 Å². The lowest BCUT2D eigenvalue weighted by atomic mass is 9.95. The monoisotopic (exact) mass is 413 g/mol. The molecule has 0 atom stereocenters. The molecule has 2 aromatic heterocycles. The molecule has 0 saturated carbocycles. The molecule has 4 aromatic rings. The molecule has 0 unspecified atom stereocenters. The predicted molar refractivity (Wildman–Crippen MR) is 122 cm³/mol. The van der Waals surface area contributed by atoms with E-state index in [9.17, 15) is 9.59 Å². The Morgan fingerprint density at radius 1 is 0.871 bits per heavy atom. The summed E-state index contributed by atoms with van der Waals surface area (Å²) >= 11 is 0. The quantitative estimate of drug-likeness (QED) is 0.424. The summed E-state index contributed by atoms with van der Waals surface area (Å²) < 4.78 is 2.20. The third kappa shape index (κ3) is 3.25. The van der Waals surface area contributed by atoms with Crippen LogP contribution in [-0.4, -0.2) is 42.0 Å². The van der Waals surface area contributed by atoms with E-state index in [1.54, 1.807) is 0 Å². The van der Waals surface area contributed by atoms with E-state index in [1.807, 2.05) is 54.9 Å². The Hall–Kier alpha value is -3.64. The van der Waals surface area contributed by atoms with Crippen molar-refractivity contribution < 1.29 is 14.5 Å². The van der Waals surface area contributed by atoms with Gasteiger partial charge in [0.05, 0.1) is 31.8 Å². The molecule has 0 spiro atoms. The van der Waals surface area contributed by atoms with Crippen molar-refractivity contribution in [2.45, 2.75) is 13.0 Å². The number of quaternary nitrogens is 1. The molecule has 0 saturated heterocycles. The number of fused-ring (bicyclic) bond motifs is 2. The molecule has 31 heavy (non-hydrogen) atoms. The molecule has 0 aliphatic carbocycles. The summed E-state index contributed by atoms with van der Waals surface area (Å²) in [6, 6.07) is 15.9. The number of aromatic amines is 1. The molecule has 2 amide bonds. The second-order valence-electron chi connectivity index (χ2n) is 8.35. The van der Waals surface area contributed by atoms with Crippen LogP contribution in [-0.2, 0) is 16.1 Å². The summed E-state index contributed by atoms with van der Waals surface area (Å²) in [6.45, 7) is 1.92. The first kappa shape index (κ1) is 19.3. The molecule has 5 rings (SSSR count). The maximum Gasteiger partial charge on any atom is 0.259 e. The van der Waals surface area contributed by atoms with E-state index in [4.69, 9.17) is 0 Å². The Balaban J connectivity index is 1.70. The number of aryl methyl sites for hydroxylation is 1. The predicted octanol–water partition coefficient (Wildman–Crippen LogP) is 2.22. The Kier molecular flexibility index (Phi) is 4.71. The maximum absolute atomic E-state index is 13.0. The Morgan fingerprint density at radius 3 is 2.32 bits per heavy atom. The van der Waals surface area contributed by atoms with Gasteiger partial charge in [0.15, 0.2) is 0 Å². The molecular weight excluding hydrogens is 388 g/mol. The SMILES string of the molecule is C[NH+](C)CCCn1cc(C2=C(c3c[nH]c4ccccc34)C(=O)NC2=O)c2ccccc21. The van der Waals surface area contributed by atoms with E-state index >= 15 is 0 Å². The third-order valence-electron chi connectivity index (χ3n) is 5.92. The number of amides is 2. The van der Waals surface area contributed by atoms with Gasteiger partial charge in [-0.15, -0.1) is 0 Å². The van der Waals surface area contributed by atoms with E-state index in [2.05, 4.69) is 35.0 Å². The molecular formula is C25H25N4O2+. The molecule has 1 aliphatic rings. The first-order valence-corrected chi connectivity index (χ1v) is 10.6. The highest BCUT2D eigenvalue weighted by atomic mass is 16.2. The zero-order valence-corrected chi connectivity index (χ0v) is 17.7. The van der Waals surface area contributed by atoms with E-state index in [0.29, 0.717) is 11.1 Å². The number of hydrogen-bond donors (Lipinski definition) is 3. The number of aromatic nitrogens is 2. The van der Waals surface area contributed by atoms with Gasteiger partial charge < -0.3 is 14.5 Å². The molecule has 3 heterocycles. The molecule has 6 nitrogen and oxygen atoms in total. The van der Waals surface area contributed by atoms with E-state index in [1.165, 1.54) is 4.90 Å². The minimum absolute atomic E-state index is 0.342. The number of nitrogens with one attached hydrogen (secondary N) is 3. The van der Waals surface area contributed by atoms with E-state index in [-0.39, 0.29) is 11.8 Å². The highest BCUT2D eigenvalue weighted by molar-refractivity contribution is 6.50. The Labute approximate surface area is 180 Å². The van der Waals surface area contributed by atoms with Crippen LogP contribution in [0, 0.1) is 0 Å². The number of carbonyl (C=O) groups is 2. The molecule has 6 heteroatoms. The van der Waals surface area contributed by atoms with Gasteiger partial charge in [-0.3, -0.25) is 14.9 Å². The number of imide groups is 1. The van der Waals surface area contributed by atoms with Crippen molar-refractivity contribution in [1.29, 1.82) is 0 Å². The van der Waals surface area contributed by atoms with E-state index in [0.717, 1.165) is 52.4 Å². The summed E-state index contributed by atoms with van der Waals surface area (Å²) in [5, 5.41) is 4.43. The fourth-order valence-electron chi connectivity index (χ4n) is 4.48. The van der Waals surface area contributed by atoms with Crippen molar-refractivity contribution in [1.82, 2.24) is 14.9 Å². The van der Waals surface area contributed by atoms with E-state index < -0.39 is 0 Å². The fraction of sp³-hybridized carbons (Fsp3) is 0.200. The average Bonchev–Trinajstić information content (AvgIpc) is 3.41. The number of H-pyrrole nitrogens is 1. The molecule has 1 aliphatic heterocycles.